The summed E-state index contributed by atoms with van der Waals surface area (Å²) in [4.78, 5) is 25.2. The number of nitrogens with zero attached hydrogens (tertiary/aromatic N) is 1. The summed E-state index contributed by atoms with van der Waals surface area (Å²) in [6.45, 7) is 7.41. The zero-order valence-electron chi connectivity index (χ0n) is 15.6. The first-order valence-corrected chi connectivity index (χ1v) is 8.81. The number of Topliss-reactive ketones (excluding diaryl/α,β-unsaturated/α-hetero) is 1. The number of rotatable bonds is 5. The SMILES string of the molecule is CC(=O)c1c2c(c(C(=O)OC(C)(C)C)n1CCCO)CCC#CCC2. The Bertz CT molecular complexity index is 726. The zero-order chi connectivity index (χ0) is 18.6. The smallest absolute Gasteiger partial charge is 0.355 e. The fourth-order valence-corrected chi connectivity index (χ4v) is 3.23. The van der Waals surface area contributed by atoms with Gasteiger partial charge in [-0.15, -0.1) is 11.8 Å². The second kappa shape index (κ2) is 7.88. The third kappa shape index (κ3) is 4.52. The van der Waals surface area contributed by atoms with Gasteiger partial charge in [0, 0.05) is 32.9 Å². The van der Waals surface area contributed by atoms with Crippen molar-refractivity contribution in [1.82, 2.24) is 4.57 Å². The summed E-state index contributed by atoms with van der Waals surface area (Å²) in [7, 11) is 0. The van der Waals surface area contributed by atoms with Gasteiger partial charge in [0.25, 0.3) is 0 Å². The van der Waals surface area contributed by atoms with Gasteiger partial charge in [-0.2, -0.15) is 0 Å². The molecule has 0 spiro atoms. The highest BCUT2D eigenvalue weighted by Crippen LogP contribution is 2.29. The number of hydrogen-bond acceptors (Lipinski definition) is 4. The first kappa shape index (κ1) is 19.3. The molecule has 136 valence electrons. The van der Waals surface area contributed by atoms with Crippen LogP contribution in [0.4, 0.5) is 0 Å². The monoisotopic (exact) mass is 345 g/mol. The maximum atomic E-state index is 12.9. The van der Waals surface area contributed by atoms with Crippen LogP contribution in [0.2, 0.25) is 0 Å². The fraction of sp³-hybridized carbons (Fsp3) is 0.600. The van der Waals surface area contributed by atoms with Crippen molar-refractivity contribution < 1.29 is 19.4 Å². The summed E-state index contributed by atoms with van der Waals surface area (Å²) in [6.07, 6.45) is 3.08. The van der Waals surface area contributed by atoms with Crippen LogP contribution in [0.3, 0.4) is 0 Å². The lowest BCUT2D eigenvalue weighted by molar-refractivity contribution is 0.00557. The molecule has 1 heterocycles. The number of aliphatic hydroxyl groups excluding tert-OH is 1. The van der Waals surface area contributed by atoms with Crippen LogP contribution in [0, 0.1) is 11.8 Å². The minimum atomic E-state index is -0.617. The van der Waals surface area contributed by atoms with Crippen LogP contribution in [-0.2, 0) is 24.1 Å². The predicted octanol–water partition coefficient (Wildman–Crippen LogP) is 2.91. The number of esters is 1. The molecular weight excluding hydrogens is 318 g/mol. The van der Waals surface area contributed by atoms with Crippen LogP contribution in [0.25, 0.3) is 0 Å². The van der Waals surface area contributed by atoms with Crippen molar-refractivity contribution >= 4 is 11.8 Å². The Morgan fingerprint density at radius 3 is 2.16 bits per heavy atom. The van der Waals surface area contributed by atoms with E-state index in [9.17, 15) is 14.7 Å². The molecule has 5 heteroatoms. The van der Waals surface area contributed by atoms with Gasteiger partial charge in [0.15, 0.2) is 5.78 Å². The third-order valence-electron chi connectivity index (χ3n) is 4.07. The van der Waals surface area contributed by atoms with Crippen molar-refractivity contribution in [2.45, 2.75) is 71.9 Å². The van der Waals surface area contributed by atoms with Crippen LogP contribution in [0.15, 0.2) is 0 Å². The van der Waals surface area contributed by atoms with Crippen LogP contribution >= 0.6 is 0 Å². The molecule has 5 nitrogen and oxygen atoms in total. The molecule has 0 aliphatic heterocycles. The molecule has 0 aromatic carbocycles. The van der Waals surface area contributed by atoms with Gasteiger partial charge >= 0.3 is 5.97 Å². The van der Waals surface area contributed by atoms with Crippen molar-refractivity contribution in [1.29, 1.82) is 0 Å². The number of carbonyl (C=O) groups excluding carboxylic acids is 2. The maximum Gasteiger partial charge on any atom is 0.355 e. The Labute approximate surface area is 149 Å². The van der Waals surface area contributed by atoms with Crippen molar-refractivity contribution in [3.8, 4) is 11.8 Å². The van der Waals surface area contributed by atoms with Gasteiger partial charge < -0.3 is 14.4 Å². The zero-order valence-corrected chi connectivity index (χ0v) is 15.6. The van der Waals surface area contributed by atoms with Gasteiger partial charge in [0.1, 0.15) is 11.3 Å². The van der Waals surface area contributed by atoms with E-state index in [2.05, 4.69) is 11.8 Å². The summed E-state index contributed by atoms with van der Waals surface area (Å²) >= 11 is 0. The van der Waals surface area contributed by atoms with Gasteiger partial charge in [0.05, 0.1) is 5.69 Å². The van der Waals surface area contributed by atoms with E-state index in [-0.39, 0.29) is 12.4 Å². The molecule has 0 saturated heterocycles. The Hall–Kier alpha value is -2.06. The summed E-state index contributed by atoms with van der Waals surface area (Å²) in [5, 5.41) is 9.23. The Morgan fingerprint density at radius 1 is 1.12 bits per heavy atom. The van der Waals surface area contributed by atoms with Crippen molar-refractivity contribution in [2.75, 3.05) is 6.61 Å². The van der Waals surface area contributed by atoms with Gasteiger partial charge in [-0.25, -0.2) is 4.79 Å². The lowest BCUT2D eigenvalue weighted by atomic mass is 9.96. The minimum Gasteiger partial charge on any atom is -0.455 e. The molecule has 0 radical (unpaired) electrons. The number of ketones is 1. The van der Waals surface area contributed by atoms with E-state index in [1.165, 1.54) is 6.92 Å². The van der Waals surface area contributed by atoms with Crippen LogP contribution in [-0.4, -0.2) is 33.6 Å². The molecule has 0 saturated carbocycles. The van der Waals surface area contributed by atoms with Crippen molar-refractivity contribution in [3.63, 3.8) is 0 Å². The molecule has 2 rings (SSSR count). The van der Waals surface area contributed by atoms with E-state index >= 15 is 0 Å². The third-order valence-corrected chi connectivity index (χ3v) is 4.07. The van der Waals surface area contributed by atoms with Gasteiger partial charge in [-0.1, -0.05) is 0 Å². The Balaban J connectivity index is 2.63. The average molecular weight is 345 g/mol. The molecule has 0 unspecified atom stereocenters. The van der Waals surface area contributed by atoms with Gasteiger partial charge in [-0.3, -0.25) is 4.79 Å². The number of carbonyl (C=O) groups is 2. The lowest BCUT2D eigenvalue weighted by Gasteiger charge is -2.21. The predicted molar refractivity (Wildman–Crippen MR) is 95.7 cm³/mol. The average Bonchev–Trinajstić information content (AvgIpc) is 2.76. The highest BCUT2D eigenvalue weighted by atomic mass is 16.6. The maximum absolute atomic E-state index is 12.9. The first-order valence-electron chi connectivity index (χ1n) is 8.81. The lowest BCUT2D eigenvalue weighted by Crippen LogP contribution is -2.27. The fourth-order valence-electron chi connectivity index (χ4n) is 3.23. The second-order valence-corrected chi connectivity index (χ2v) is 7.29. The Kier molecular flexibility index (Phi) is 6.07. The highest BCUT2D eigenvalue weighted by Gasteiger charge is 2.31. The van der Waals surface area contributed by atoms with E-state index in [1.807, 2.05) is 20.8 Å². The van der Waals surface area contributed by atoms with Gasteiger partial charge in [-0.05, 0) is 51.2 Å². The number of aromatic nitrogens is 1. The highest BCUT2D eigenvalue weighted by molar-refractivity contribution is 5.99. The minimum absolute atomic E-state index is 0.00292. The van der Waals surface area contributed by atoms with Crippen LogP contribution in [0.1, 0.15) is 79.1 Å². The molecule has 1 N–H and O–H groups in total. The normalized spacial score (nSPS) is 14.0. The van der Waals surface area contributed by atoms with Crippen molar-refractivity contribution in [3.05, 3.63) is 22.5 Å². The van der Waals surface area contributed by atoms with Gasteiger partial charge in [0.2, 0.25) is 0 Å². The molecule has 1 aromatic heterocycles. The largest absolute Gasteiger partial charge is 0.455 e. The number of hydrogen-bond donors (Lipinski definition) is 1. The summed E-state index contributed by atoms with van der Waals surface area (Å²) in [6, 6.07) is 0. The van der Waals surface area contributed by atoms with Crippen LogP contribution in [0.5, 0.6) is 0 Å². The van der Waals surface area contributed by atoms with Crippen molar-refractivity contribution in [2.24, 2.45) is 0 Å². The summed E-state index contributed by atoms with van der Waals surface area (Å²) in [5.41, 5.74) is 2.19. The van der Waals surface area contributed by atoms with Crippen LogP contribution < -0.4 is 0 Å². The molecule has 1 aromatic rings. The molecule has 0 atom stereocenters. The topological polar surface area (TPSA) is 68.5 Å². The summed E-state index contributed by atoms with van der Waals surface area (Å²) in [5.74, 6) is 5.73. The molecule has 1 aliphatic carbocycles. The molecule has 0 fully saturated rings. The Morgan fingerprint density at radius 2 is 1.68 bits per heavy atom. The first-order chi connectivity index (χ1) is 11.8. The number of ether oxygens (including phenoxy) is 1. The molecule has 0 bridgehead atoms. The number of fused-ring (bicyclic) bond motifs is 1. The molecule has 1 aliphatic rings. The summed E-state index contributed by atoms with van der Waals surface area (Å²) < 4.78 is 7.36. The van der Waals surface area contributed by atoms with E-state index in [0.717, 1.165) is 11.1 Å². The van der Waals surface area contributed by atoms with E-state index in [4.69, 9.17) is 4.74 Å². The second-order valence-electron chi connectivity index (χ2n) is 7.29. The quantitative estimate of drug-likeness (QED) is 0.506. The molecular formula is C20H27NO4. The molecule has 25 heavy (non-hydrogen) atoms. The number of aliphatic hydroxyl groups is 1. The standard InChI is InChI=1S/C20H27NO4/c1-14(23)17-15-10-7-5-6-8-11-16(15)18(21(17)12-9-13-22)19(24)25-20(2,3)4/h22H,7-13H2,1-4H3. The van der Waals surface area contributed by atoms with E-state index in [0.29, 0.717) is 50.0 Å². The van der Waals surface area contributed by atoms with E-state index < -0.39 is 11.6 Å². The molecule has 0 amide bonds. The van der Waals surface area contributed by atoms with E-state index in [1.54, 1.807) is 4.57 Å².